The van der Waals surface area contributed by atoms with Gasteiger partial charge in [-0.3, -0.25) is 9.59 Å². The van der Waals surface area contributed by atoms with Gasteiger partial charge in [0.1, 0.15) is 12.2 Å². The Morgan fingerprint density at radius 3 is 2.69 bits per heavy atom. The number of carbonyl (C=O) groups excluding carboxylic acids is 1. The van der Waals surface area contributed by atoms with Gasteiger partial charge in [-0.15, -0.1) is 0 Å². The molecular formula is C30H24ClNO7. The van der Waals surface area contributed by atoms with Crippen LogP contribution in [0.5, 0.6) is 23.0 Å². The first kappa shape index (κ1) is 24.9. The number of carbonyl (C=O) groups is 1. The van der Waals surface area contributed by atoms with Gasteiger partial charge in [-0.1, -0.05) is 36.4 Å². The summed E-state index contributed by atoms with van der Waals surface area (Å²) in [6, 6.07) is 14.9. The van der Waals surface area contributed by atoms with Gasteiger partial charge in [0.2, 0.25) is 12.6 Å². The van der Waals surface area contributed by atoms with E-state index in [-0.39, 0.29) is 30.1 Å². The highest BCUT2D eigenvalue weighted by atomic mass is 35.5. The van der Waals surface area contributed by atoms with Crippen molar-refractivity contribution in [3.8, 4) is 23.0 Å². The Kier molecular flexibility index (Phi) is 6.40. The lowest BCUT2D eigenvalue weighted by Crippen LogP contribution is -2.29. The topological polar surface area (TPSA) is 87.4 Å². The third kappa shape index (κ3) is 4.36. The highest BCUT2D eigenvalue weighted by molar-refractivity contribution is 6.31. The minimum Gasteiger partial charge on any atom is -0.490 e. The SMILES string of the molecule is C=CCOc1ccc(C2c3c(oc4ccc(Cl)cc4c3=O)C(=O)N2Cc2ccc3c(c2)OCO3)cc1OCC. The summed E-state index contributed by atoms with van der Waals surface area (Å²) in [7, 11) is 0. The number of amides is 1. The molecule has 1 unspecified atom stereocenters. The molecule has 0 aliphatic carbocycles. The van der Waals surface area contributed by atoms with E-state index in [9.17, 15) is 9.59 Å². The Morgan fingerprint density at radius 2 is 1.87 bits per heavy atom. The van der Waals surface area contributed by atoms with E-state index in [1.807, 2.05) is 25.1 Å². The van der Waals surface area contributed by atoms with E-state index >= 15 is 0 Å². The second kappa shape index (κ2) is 10.0. The molecule has 3 aromatic carbocycles. The van der Waals surface area contributed by atoms with Crippen LogP contribution >= 0.6 is 11.6 Å². The molecule has 2 aliphatic heterocycles. The molecule has 1 atom stereocenters. The van der Waals surface area contributed by atoms with E-state index < -0.39 is 11.9 Å². The van der Waals surface area contributed by atoms with E-state index in [4.69, 9.17) is 35.0 Å². The normalized spacial score (nSPS) is 15.5. The van der Waals surface area contributed by atoms with Gasteiger partial charge in [-0.25, -0.2) is 0 Å². The number of ether oxygens (including phenoxy) is 4. The molecule has 0 radical (unpaired) electrons. The summed E-state index contributed by atoms with van der Waals surface area (Å²) >= 11 is 6.20. The third-order valence-electron chi connectivity index (χ3n) is 6.66. The molecule has 198 valence electrons. The fraction of sp³-hybridized carbons (Fsp3) is 0.200. The van der Waals surface area contributed by atoms with Crippen LogP contribution in [0, 0.1) is 0 Å². The maximum atomic E-state index is 13.9. The first-order valence-corrected chi connectivity index (χ1v) is 12.8. The van der Waals surface area contributed by atoms with E-state index in [2.05, 4.69) is 6.58 Å². The summed E-state index contributed by atoms with van der Waals surface area (Å²) in [4.78, 5) is 29.3. The van der Waals surface area contributed by atoms with Crippen LogP contribution < -0.4 is 24.4 Å². The fourth-order valence-electron chi connectivity index (χ4n) is 4.97. The van der Waals surface area contributed by atoms with Crippen LogP contribution in [0.1, 0.15) is 40.2 Å². The molecule has 0 fully saturated rings. The molecule has 8 nitrogen and oxygen atoms in total. The quantitative estimate of drug-likeness (QED) is 0.255. The van der Waals surface area contributed by atoms with Crippen LogP contribution in [0.3, 0.4) is 0 Å². The molecule has 3 heterocycles. The van der Waals surface area contributed by atoms with Crippen molar-refractivity contribution in [2.75, 3.05) is 20.0 Å². The zero-order chi connectivity index (χ0) is 27.1. The largest absolute Gasteiger partial charge is 0.490 e. The van der Waals surface area contributed by atoms with Crippen molar-refractivity contribution in [2.24, 2.45) is 0 Å². The van der Waals surface area contributed by atoms with E-state index in [1.54, 1.807) is 47.4 Å². The van der Waals surface area contributed by atoms with Crippen molar-refractivity contribution in [1.29, 1.82) is 0 Å². The van der Waals surface area contributed by atoms with Gasteiger partial charge in [0.05, 0.1) is 23.6 Å². The van der Waals surface area contributed by atoms with Gasteiger partial charge in [-0.2, -0.15) is 0 Å². The second-order valence-corrected chi connectivity index (χ2v) is 9.51. The molecule has 0 saturated carbocycles. The molecule has 39 heavy (non-hydrogen) atoms. The predicted octanol–water partition coefficient (Wildman–Crippen LogP) is 5.88. The summed E-state index contributed by atoms with van der Waals surface area (Å²) < 4.78 is 28.6. The maximum absolute atomic E-state index is 13.9. The van der Waals surface area contributed by atoms with Crippen molar-refractivity contribution >= 4 is 28.5 Å². The predicted molar refractivity (Wildman–Crippen MR) is 145 cm³/mol. The van der Waals surface area contributed by atoms with Crippen LogP contribution in [-0.2, 0) is 6.54 Å². The summed E-state index contributed by atoms with van der Waals surface area (Å²) in [6.07, 6.45) is 1.64. The lowest BCUT2D eigenvalue weighted by atomic mass is 9.97. The molecular weight excluding hydrogens is 522 g/mol. The molecule has 0 saturated heterocycles. The average molecular weight is 546 g/mol. The number of fused-ring (bicyclic) bond motifs is 3. The Labute approximate surface area is 228 Å². The maximum Gasteiger partial charge on any atom is 0.291 e. The average Bonchev–Trinajstić information content (AvgIpc) is 3.51. The highest BCUT2D eigenvalue weighted by Gasteiger charge is 2.43. The minimum absolute atomic E-state index is 0.00510. The summed E-state index contributed by atoms with van der Waals surface area (Å²) in [5, 5.41) is 0.704. The Hall–Kier alpha value is -4.43. The van der Waals surface area contributed by atoms with Crippen molar-refractivity contribution in [2.45, 2.75) is 19.5 Å². The number of benzene rings is 3. The van der Waals surface area contributed by atoms with Crippen LogP contribution in [0.25, 0.3) is 11.0 Å². The summed E-state index contributed by atoms with van der Waals surface area (Å²) in [5.41, 5.74) is 1.71. The zero-order valence-corrected chi connectivity index (χ0v) is 21.8. The summed E-state index contributed by atoms with van der Waals surface area (Å²) in [6.45, 7) is 6.61. The number of rotatable bonds is 8. The molecule has 0 spiro atoms. The van der Waals surface area contributed by atoms with Crippen LogP contribution in [0.2, 0.25) is 5.02 Å². The van der Waals surface area contributed by atoms with Crippen LogP contribution in [0.15, 0.2) is 76.5 Å². The molecule has 0 bridgehead atoms. The molecule has 4 aromatic rings. The molecule has 0 N–H and O–H groups in total. The molecule has 1 amide bonds. The number of halogens is 1. The van der Waals surface area contributed by atoms with Crippen molar-refractivity contribution in [3.05, 3.63) is 105 Å². The smallest absolute Gasteiger partial charge is 0.291 e. The minimum atomic E-state index is -0.745. The Bertz CT molecular complexity index is 1680. The van der Waals surface area contributed by atoms with Crippen molar-refractivity contribution in [1.82, 2.24) is 4.90 Å². The zero-order valence-electron chi connectivity index (χ0n) is 21.1. The fourth-order valence-corrected chi connectivity index (χ4v) is 5.14. The Morgan fingerprint density at radius 1 is 1.03 bits per heavy atom. The van der Waals surface area contributed by atoms with Crippen LogP contribution in [0.4, 0.5) is 0 Å². The second-order valence-electron chi connectivity index (χ2n) is 9.08. The third-order valence-corrected chi connectivity index (χ3v) is 6.89. The summed E-state index contributed by atoms with van der Waals surface area (Å²) in [5.74, 6) is 1.88. The first-order chi connectivity index (χ1) is 19.0. The van der Waals surface area contributed by atoms with Gasteiger partial charge in [0.15, 0.2) is 28.4 Å². The lowest BCUT2D eigenvalue weighted by Gasteiger charge is -2.26. The molecule has 9 heteroatoms. The van der Waals surface area contributed by atoms with Gasteiger partial charge in [0, 0.05) is 11.6 Å². The number of hydrogen-bond acceptors (Lipinski definition) is 7. The van der Waals surface area contributed by atoms with Gasteiger partial charge < -0.3 is 28.3 Å². The molecule has 6 rings (SSSR count). The van der Waals surface area contributed by atoms with Gasteiger partial charge in [-0.05, 0) is 60.5 Å². The van der Waals surface area contributed by atoms with Gasteiger partial charge >= 0.3 is 0 Å². The first-order valence-electron chi connectivity index (χ1n) is 12.4. The van der Waals surface area contributed by atoms with Crippen LogP contribution in [-0.4, -0.2) is 30.8 Å². The highest BCUT2D eigenvalue weighted by Crippen LogP contribution is 2.42. The standard InChI is InChI=1S/C30H24ClNO7/c1-3-11-36-22-9-6-18(13-25(22)35-4-2)27-26-28(33)20-14-19(31)7-10-21(20)39-29(26)30(34)32(27)15-17-5-8-23-24(12-17)38-16-37-23/h3,5-10,12-14,27H,1,4,11,15-16H2,2H3. The monoisotopic (exact) mass is 545 g/mol. The van der Waals surface area contributed by atoms with E-state index in [0.29, 0.717) is 57.8 Å². The molecule has 1 aromatic heterocycles. The Balaban J connectivity index is 1.51. The van der Waals surface area contributed by atoms with Crippen molar-refractivity contribution in [3.63, 3.8) is 0 Å². The van der Waals surface area contributed by atoms with Gasteiger partial charge in [0.25, 0.3) is 5.91 Å². The van der Waals surface area contributed by atoms with E-state index in [1.165, 1.54) is 0 Å². The number of nitrogens with zero attached hydrogens (tertiary/aromatic N) is 1. The lowest BCUT2D eigenvalue weighted by molar-refractivity contribution is 0.0714. The van der Waals surface area contributed by atoms with E-state index in [0.717, 1.165) is 5.56 Å². The van der Waals surface area contributed by atoms with Crippen molar-refractivity contribution < 1.29 is 28.2 Å². The molecule has 2 aliphatic rings. The number of hydrogen-bond donors (Lipinski definition) is 0.